The zero-order valence-corrected chi connectivity index (χ0v) is 13.4. The second-order valence-corrected chi connectivity index (χ2v) is 7.74. The van der Waals surface area contributed by atoms with Crippen molar-refractivity contribution in [3.8, 4) is 0 Å². The largest absolute Gasteiger partial charge is 0.478 e. The lowest BCUT2D eigenvalue weighted by molar-refractivity contribution is 0.0697. The molecule has 0 spiro atoms. The van der Waals surface area contributed by atoms with Gasteiger partial charge in [0.15, 0.2) is 8.68 Å². The monoisotopic (exact) mass is 346 g/mol. The predicted molar refractivity (Wildman–Crippen MR) is 80.8 cm³/mol. The van der Waals surface area contributed by atoms with Crippen molar-refractivity contribution in [1.29, 1.82) is 0 Å². The number of nitrogens with zero attached hydrogens (tertiary/aromatic N) is 1. The van der Waals surface area contributed by atoms with Crippen molar-refractivity contribution in [3.05, 3.63) is 39.5 Å². The minimum atomic E-state index is -3.80. The van der Waals surface area contributed by atoms with E-state index < -0.39 is 16.0 Å². The zero-order valence-electron chi connectivity index (χ0n) is 11.0. The summed E-state index contributed by atoms with van der Waals surface area (Å²) in [4.78, 5) is 14.7. The normalized spacial score (nSPS) is 11.4. The first-order valence-electron chi connectivity index (χ1n) is 5.70. The second kappa shape index (κ2) is 5.63. The molecule has 1 heterocycles. The van der Waals surface area contributed by atoms with Gasteiger partial charge in [-0.25, -0.2) is 18.2 Å². The van der Waals surface area contributed by atoms with Gasteiger partial charge in [0.1, 0.15) is 0 Å². The molecule has 1 aromatic carbocycles. The molecule has 2 rings (SSSR count). The molecule has 0 saturated heterocycles. The van der Waals surface area contributed by atoms with Crippen molar-refractivity contribution >= 4 is 44.6 Å². The van der Waals surface area contributed by atoms with Crippen LogP contribution in [0.2, 0.25) is 4.47 Å². The first-order valence-corrected chi connectivity index (χ1v) is 8.38. The summed E-state index contributed by atoms with van der Waals surface area (Å²) in [5.41, 5.74) is 1.22. The quantitative estimate of drug-likeness (QED) is 0.887. The summed E-state index contributed by atoms with van der Waals surface area (Å²) < 4.78 is 27.2. The standard InChI is InChI=1S/C12H11ClN2O4S2/c1-6-5-8(10(16)17)3-4-9(6)15-21(18,19)11-7(2)14-12(13)20-11/h3-5,15H,1-2H3,(H,16,17). The van der Waals surface area contributed by atoms with Crippen molar-refractivity contribution in [1.82, 2.24) is 4.98 Å². The molecule has 2 N–H and O–H groups in total. The lowest BCUT2D eigenvalue weighted by atomic mass is 10.1. The lowest BCUT2D eigenvalue weighted by Crippen LogP contribution is -2.14. The number of halogens is 1. The third kappa shape index (κ3) is 3.34. The summed E-state index contributed by atoms with van der Waals surface area (Å²) in [7, 11) is -3.80. The molecule has 21 heavy (non-hydrogen) atoms. The van der Waals surface area contributed by atoms with Gasteiger partial charge in [-0.2, -0.15) is 0 Å². The predicted octanol–water partition coefficient (Wildman–Crippen LogP) is 2.91. The fraction of sp³-hybridized carbons (Fsp3) is 0.167. The van der Waals surface area contributed by atoms with Crippen molar-refractivity contribution < 1.29 is 18.3 Å². The SMILES string of the molecule is Cc1cc(C(=O)O)ccc1NS(=O)(=O)c1sc(Cl)nc1C. The van der Waals surface area contributed by atoms with E-state index in [0.29, 0.717) is 16.9 Å². The summed E-state index contributed by atoms with van der Waals surface area (Å²) in [6, 6.07) is 4.14. The highest BCUT2D eigenvalue weighted by Crippen LogP contribution is 2.29. The van der Waals surface area contributed by atoms with Crippen LogP contribution in [0.15, 0.2) is 22.4 Å². The summed E-state index contributed by atoms with van der Waals surface area (Å²) in [5, 5.41) is 8.89. The number of aryl methyl sites for hydroxylation is 2. The smallest absolute Gasteiger partial charge is 0.335 e. The van der Waals surface area contributed by atoms with E-state index in [2.05, 4.69) is 9.71 Å². The maximum Gasteiger partial charge on any atom is 0.335 e. The molecule has 0 aliphatic carbocycles. The van der Waals surface area contributed by atoms with Crippen LogP contribution in [0.1, 0.15) is 21.6 Å². The molecule has 0 aliphatic heterocycles. The number of rotatable bonds is 4. The number of carboxylic acid groups (broad SMARTS) is 1. The molecule has 0 saturated carbocycles. The molecule has 0 unspecified atom stereocenters. The van der Waals surface area contributed by atoms with Crippen molar-refractivity contribution in [3.63, 3.8) is 0 Å². The van der Waals surface area contributed by atoms with Gasteiger partial charge in [-0.3, -0.25) is 4.72 Å². The van der Waals surface area contributed by atoms with Gasteiger partial charge >= 0.3 is 5.97 Å². The van der Waals surface area contributed by atoms with Crippen molar-refractivity contribution in [2.75, 3.05) is 4.72 Å². The van der Waals surface area contributed by atoms with Crippen molar-refractivity contribution in [2.45, 2.75) is 18.1 Å². The van der Waals surface area contributed by atoms with Crippen LogP contribution in [0.5, 0.6) is 0 Å². The van der Waals surface area contributed by atoms with Gasteiger partial charge in [0, 0.05) is 0 Å². The van der Waals surface area contributed by atoms with Crippen molar-refractivity contribution in [2.24, 2.45) is 0 Å². The number of aromatic nitrogens is 1. The third-order valence-corrected chi connectivity index (χ3v) is 5.93. The minimum absolute atomic E-state index is 0.0363. The van der Waals surface area contributed by atoms with Gasteiger partial charge in [0.2, 0.25) is 0 Å². The average Bonchev–Trinajstić information content (AvgIpc) is 2.71. The highest BCUT2D eigenvalue weighted by Gasteiger charge is 2.22. The maximum absolute atomic E-state index is 12.3. The molecular weight excluding hydrogens is 336 g/mol. The Morgan fingerprint density at radius 1 is 1.38 bits per heavy atom. The Bertz CT molecular complexity index is 815. The van der Waals surface area contributed by atoms with Crippen LogP contribution in [-0.4, -0.2) is 24.5 Å². The number of thiazole rings is 1. The van der Waals surface area contributed by atoms with Crippen LogP contribution < -0.4 is 4.72 Å². The molecule has 112 valence electrons. The molecule has 6 nitrogen and oxygen atoms in total. The molecule has 1 aromatic heterocycles. The average molecular weight is 347 g/mol. The minimum Gasteiger partial charge on any atom is -0.478 e. The number of sulfonamides is 1. The molecule has 0 radical (unpaired) electrons. The van der Waals surface area contributed by atoms with Crippen LogP contribution in [0.3, 0.4) is 0 Å². The molecule has 2 aromatic rings. The number of hydrogen-bond acceptors (Lipinski definition) is 5. The van der Waals surface area contributed by atoms with E-state index in [1.54, 1.807) is 13.8 Å². The van der Waals surface area contributed by atoms with Gasteiger partial charge < -0.3 is 5.11 Å². The van der Waals surface area contributed by atoms with E-state index in [9.17, 15) is 13.2 Å². The Labute approximate surface area is 130 Å². The highest BCUT2D eigenvalue weighted by atomic mass is 35.5. The Kier molecular flexibility index (Phi) is 4.22. The maximum atomic E-state index is 12.3. The highest BCUT2D eigenvalue weighted by molar-refractivity contribution is 7.94. The fourth-order valence-corrected chi connectivity index (χ4v) is 4.57. The van der Waals surface area contributed by atoms with Crippen LogP contribution in [0.4, 0.5) is 5.69 Å². The van der Waals surface area contributed by atoms with Crippen LogP contribution in [-0.2, 0) is 10.0 Å². The summed E-state index contributed by atoms with van der Waals surface area (Å²) >= 11 is 6.58. The molecule has 9 heteroatoms. The molecule has 0 amide bonds. The fourth-order valence-electron chi connectivity index (χ4n) is 1.70. The number of benzene rings is 1. The number of aromatic carboxylic acids is 1. The van der Waals surface area contributed by atoms with Gasteiger partial charge in [0.05, 0.1) is 16.9 Å². The van der Waals surface area contributed by atoms with E-state index in [-0.39, 0.29) is 14.2 Å². The van der Waals surface area contributed by atoms with E-state index in [0.717, 1.165) is 11.3 Å². The van der Waals surface area contributed by atoms with Gasteiger partial charge in [-0.05, 0) is 37.6 Å². The van der Waals surface area contributed by atoms with Crippen LogP contribution >= 0.6 is 22.9 Å². The van der Waals surface area contributed by atoms with E-state index in [1.165, 1.54) is 18.2 Å². The number of nitrogens with one attached hydrogen (secondary N) is 1. The summed E-state index contributed by atoms with van der Waals surface area (Å²) in [6.07, 6.45) is 0. The number of carbonyl (C=O) groups is 1. The van der Waals surface area contributed by atoms with E-state index >= 15 is 0 Å². The lowest BCUT2D eigenvalue weighted by Gasteiger charge is -2.10. The Morgan fingerprint density at radius 2 is 2.05 bits per heavy atom. The van der Waals surface area contributed by atoms with Crippen LogP contribution in [0, 0.1) is 13.8 Å². The van der Waals surface area contributed by atoms with E-state index in [1.807, 2.05) is 0 Å². The third-order valence-electron chi connectivity index (χ3n) is 2.69. The molecule has 0 bridgehead atoms. The molecule has 0 aliphatic rings. The Morgan fingerprint density at radius 3 is 2.52 bits per heavy atom. The second-order valence-electron chi connectivity index (χ2n) is 4.28. The molecular formula is C12H11ClN2O4S2. The number of carboxylic acids is 1. The van der Waals surface area contributed by atoms with Crippen LogP contribution in [0.25, 0.3) is 0 Å². The van der Waals surface area contributed by atoms with E-state index in [4.69, 9.17) is 16.7 Å². The summed E-state index contributed by atoms with van der Waals surface area (Å²) in [6.45, 7) is 3.17. The summed E-state index contributed by atoms with van der Waals surface area (Å²) in [5.74, 6) is -1.07. The van der Waals surface area contributed by atoms with Gasteiger partial charge in [-0.15, -0.1) is 0 Å². The number of hydrogen-bond donors (Lipinski definition) is 2. The van der Waals surface area contributed by atoms with Gasteiger partial charge in [0.25, 0.3) is 10.0 Å². The first-order chi connectivity index (χ1) is 9.70. The Balaban J connectivity index is 2.37. The number of anilines is 1. The van der Waals surface area contributed by atoms with Gasteiger partial charge in [-0.1, -0.05) is 22.9 Å². The molecule has 0 atom stereocenters. The first kappa shape index (κ1) is 15.7. The molecule has 0 fully saturated rings. The zero-order chi connectivity index (χ0) is 15.8. The Hall–Kier alpha value is -1.64. The topological polar surface area (TPSA) is 96.4 Å².